The summed E-state index contributed by atoms with van der Waals surface area (Å²) in [6, 6.07) is 8.39. The Balaban J connectivity index is 1.69. The number of halogens is 4. The standard InChI is InChI=1S/C24H22F4N2O4/c25-16-9-8-12(10-15(16)24(26,27)28)21(32)19(31)11-23(29,22(33)34)20-13-4-1-2-6-17(13)30-18-7-3-5-14(18)20/h1-2,4,6,8-10,14,18,20,30H,3,5,7,11,29H2,(H,33,34)/t14-,18+,20?,23?/m0/s1. The summed E-state index contributed by atoms with van der Waals surface area (Å²) in [4.78, 5) is 38.0. The minimum absolute atomic E-state index is 0.0561. The molecule has 10 heteroatoms. The lowest BCUT2D eigenvalue weighted by Crippen LogP contribution is -2.59. The molecule has 2 aromatic rings. The van der Waals surface area contributed by atoms with Gasteiger partial charge < -0.3 is 16.2 Å². The molecule has 1 aliphatic heterocycles. The highest BCUT2D eigenvalue weighted by molar-refractivity contribution is 6.44. The first kappa shape index (κ1) is 23.9. The molecule has 4 atom stereocenters. The van der Waals surface area contributed by atoms with Gasteiger partial charge in [0.05, 0.1) is 5.56 Å². The summed E-state index contributed by atoms with van der Waals surface area (Å²) in [5.41, 5.74) is 3.14. The molecule has 1 aliphatic carbocycles. The second-order valence-corrected chi connectivity index (χ2v) is 8.88. The number of fused-ring (bicyclic) bond motifs is 2. The number of nitrogens with one attached hydrogen (secondary N) is 1. The second kappa shape index (κ2) is 8.50. The van der Waals surface area contributed by atoms with Crippen LogP contribution in [0.5, 0.6) is 0 Å². The Hall–Kier alpha value is -3.27. The van der Waals surface area contributed by atoms with Crippen molar-refractivity contribution in [3.05, 3.63) is 65.0 Å². The van der Waals surface area contributed by atoms with Gasteiger partial charge in [0.25, 0.3) is 0 Å². The van der Waals surface area contributed by atoms with E-state index in [1.54, 1.807) is 24.3 Å². The van der Waals surface area contributed by atoms with Gasteiger partial charge in [-0.15, -0.1) is 0 Å². The molecule has 0 spiro atoms. The third-order valence-electron chi connectivity index (χ3n) is 6.83. The van der Waals surface area contributed by atoms with Crippen LogP contribution in [-0.4, -0.2) is 34.2 Å². The van der Waals surface area contributed by atoms with Gasteiger partial charge in [0.15, 0.2) is 0 Å². The van der Waals surface area contributed by atoms with Crippen molar-refractivity contribution < 1.29 is 37.1 Å². The van der Waals surface area contributed by atoms with Crippen LogP contribution >= 0.6 is 0 Å². The molecule has 180 valence electrons. The quantitative estimate of drug-likeness (QED) is 0.327. The molecule has 0 saturated heterocycles. The predicted octanol–water partition coefficient (Wildman–Crippen LogP) is 4.15. The van der Waals surface area contributed by atoms with Crippen molar-refractivity contribution in [3.63, 3.8) is 0 Å². The number of Topliss-reactive ketones (excluding diaryl/α,β-unsaturated/α-hetero) is 2. The highest BCUT2D eigenvalue weighted by atomic mass is 19.4. The molecule has 1 heterocycles. The van der Waals surface area contributed by atoms with Crippen molar-refractivity contribution in [3.8, 4) is 0 Å². The lowest BCUT2D eigenvalue weighted by Gasteiger charge is -2.44. The summed E-state index contributed by atoms with van der Waals surface area (Å²) in [6.45, 7) is 0. The van der Waals surface area contributed by atoms with E-state index in [1.165, 1.54) is 0 Å². The summed E-state index contributed by atoms with van der Waals surface area (Å²) in [6.07, 6.45) is -3.71. The van der Waals surface area contributed by atoms with E-state index < -0.39 is 58.5 Å². The number of carbonyl (C=O) groups is 3. The number of aliphatic carboxylic acids is 1. The van der Waals surface area contributed by atoms with Crippen molar-refractivity contribution in [2.24, 2.45) is 11.7 Å². The number of ketones is 2. The molecule has 4 N–H and O–H groups in total. The fourth-order valence-electron chi connectivity index (χ4n) is 5.27. The van der Waals surface area contributed by atoms with Crippen LogP contribution in [0.4, 0.5) is 23.2 Å². The number of nitrogens with two attached hydrogens (primary N) is 1. The number of carboxylic acid groups (broad SMARTS) is 1. The molecule has 1 fully saturated rings. The number of carboxylic acids is 1. The molecule has 2 aromatic carbocycles. The van der Waals surface area contributed by atoms with Gasteiger partial charge in [0.2, 0.25) is 11.6 Å². The number of benzene rings is 2. The van der Waals surface area contributed by atoms with Crippen molar-refractivity contribution in [1.29, 1.82) is 0 Å². The molecule has 1 saturated carbocycles. The third kappa shape index (κ3) is 4.06. The van der Waals surface area contributed by atoms with Crippen molar-refractivity contribution in [2.75, 3.05) is 5.32 Å². The van der Waals surface area contributed by atoms with Crippen LogP contribution in [0.3, 0.4) is 0 Å². The van der Waals surface area contributed by atoms with Crippen LogP contribution in [-0.2, 0) is 15.8 Å². The molecular weight excluding hydrogens is 456 g/mol. The lowest BCUT2D eigenvalue weighted by atomic mass is 9.66. The summed E-state index contributed by atoms with van der Waals surface area (Å²) in [5, 5.41) is 13.5. The maximum Gasteiger partial charge on any atom is 0.419 e. The zero-order valence-corrected chi connectivity index (χ0v) is 17.9. The minimum atomic E-state index is -5.07. The van der Waals surface area contributed by atoms with Crippen LogP contribution in [0.2, 0.25) is 0 Å². The van der Waals surface area contributed by atoms with Crippen LogP contribution in [0.1, 0.15) is 53.1 Å². The van der Waals surface area contributed by atoms with Gasteiger partial charge in [-0.25, -0.2) is 4.39 Å². The maximum absolute atomic E-state index is 13.6. The number of rotatable bonds is 6. The molecule has 6 nitrogen and oxygen atoms in total. The molecule has 0 radical (unpaired) electrons. The third-order valence-corrected chi connectivity index (χ3v) is 6.83. The highest BCUT2D eigenvalue weighted by Crippen LogP contribution is 2.50. The van der Waals surface area contributed by atoms with Gasteiger partial charge in [-0.1, -0.05) is 24.6 Å². The molecular formula is C24H22F4N2O4. The number of hydrogen-bond acceptors (Lipinski definition) is 5. The average Bonchev–Trinajstić information content (AvgIpc) is 3.24. The summed E-state index contributed by atoms with van der Waals surface area (Å²) in [5.74, 6) is -6.70. The van der Waals surface area contributed by atoms with Crippen LogP contribution in [0.15, 0.2) is 42.5 Å². The van der Waals surface area contributed by atoms with Crippen LogP contribution in [0.25, 0.3) is 0 Å². The van der Waals surface area contributed by atoms with Gasteiger partial charge in [-0.3, -0.25) is 14.4 Å². The predicted molar refractivity (Wildman–Crippen MR) is 114 cm³/mol. The molecule has 2 unspecified atom stereocenters. The molecule has 34 heavy (non-hydrogen) atoms. The second-order valence-electron chi connectivity index (χ2n) is 8.88. The largest absolute Gasteiger partial charge is 0.480 e. The summed E-state index contributed by atoms with van der Waals surface area (Å²) >= 11 is 0. The zero-order valence-electron chi connectivity index (χ0n) is 17.9. The SMILES string of the molecule is NC(CC(=O)C(=O)c1ccc(F)c(C(F)(F)F)c1)(C(=O)O)C1c2ccccc2N[C@@H]2CCC[C@H]12. The van der Waals surface area contributed by atoms with E-state index >= 15 is 0 Å². The number of para-hydroxylation sites is 1. The molecule has 2 aliphatic rings. The minimum Gasteiger partial charge on any atom is -0.480 e. The van der Waals surface area contributed by atoms with E-state index in [9.17, 15) is 37.1 Å². The van der Waals surface area contributed by atoms with E-state index in [2.05, 4.69) is 5.32 Å². The number of hydrogen-bond donors (Lipinski definition) is 3. The fourth-order valence-corrected chi connectivity index (χ4v) is 5.27. The van der Waals surface area contributed by atoms with E-state index in [4.69, 9.17) is 5.73 Å². The normalized spacial score (nSPS) is 23.3. The Morgan fingerprint density at radius 3 is 2.47 bits per heavy atom. The van der Waals surface area contributed by atoms with Gasteiger partial charge in [-0.2, -0.15) is 13.2 Å². The van der Waals surface area contributed by atoms with Crippen molar-refractivity contribution in [1.82, 2.24) is 0 Å². The van der Waals surface area contributed by atoms with E-state index in [1.807, 2.05) is 0 Å². The monoisotopic (exact) mass is 478 g/mol. The maximum atomic E-state index is 13.6. The number of anilines is 1. The number of alkyl halides is 3. The Morgan fingerprint density at radius 2 is 1.79 bits per heavy atom. The van der Waals surface area contributed by atoms with Crippen molar-refractivity contribution >= 4 is 23.2 Å². The topological polar surface area (TPSA) is 109 Å². The molecule has 4 rings (SSSR count). The van der Waals surface area contributed by atoms with Gasteiger partial charge in [-0.05, 0) is 48.6 Å². The van der Waals surface area contributed by atoms with Gasteiger partial charge in [0, 0.05) is 29.6 Å². The van der Waals surface area contributed by atoms with E-state index in [0.717, 1.165) is 18.9 Å². The first-order valence-electron chi connectivity index (χ1n) is 10.8. The fraction of sp³-hybridized carbons (Fsp3) is 0.375. The Labute approximate surface area is 192 Å². The first-order chi connectivity index (χ1) is 15.9. The summed E-state index contributed by atoms with van der Waals surface area (Å²) < 4.78 is 52.7. The van der Waals surface area contributed by atoms with Crippen LogP contribution < -0.4 is 11.1 Å². The lowest BCUT2D eigenvalue weighted by molar-refractivity contribution is -0.147. The first-order valence-corrected chi connectivity index (χ1v) is 10.8. The van der Waals surface area contributed by atoms with Crippen molar-refractivity contribution in [2.45, 2.75) is 49.4 Å². The molecule has 0 amide bonds. The molecule has 0 bridgehead atoms. The smallest absolute Gasteiger partial charge is 0.419 e. The molecule has 0 aromatic heterocycles. The Kier molecular flexibility index (Phi) is 5.97. The Morgan fingerprint density at radius 1 is 1.09 bits per heavy atom. The zero-order chi connectivity index (χ0) is 24.8. The summed E-state index contributed by atoms with van der Waals surface area (Å²) in [7, 11) is 0. The average molecular weight is 478 g/mol. The van der Waals surface area contributed by atoms with Gasteiger partial charge >= 0.3 is 12.1 Å². The van der Waals surface area contributed by atoms with E-state index in [-0.39, 0.29) is 18.0 Å². The van der Waals surface area contributed by atoms with Gasteiger partial charge in [0.1, 0.15) is 11.4 Å². The number of carbonyl (C=O) groups excluding carboxylic acids is 2. The Bertz CT molecular complexity index is 1170. The van der Waals surface area contributed by atoms with E-state index in [0.29, 0.717) is 23.7 Å². The van der Waals surface area contributed by atoms with Crippen LogP contribution in [0, 0.1) is 11.7 Å². The highest BCUT2D eigenvalue weighted by Gasteiger charge is 2.54.